The molecule has 0 atom stereocenters. The highest BCUT2D eigenvalue weighted by molar-refractivity contribution is 14.0. The van der Waals surface area contributed by atoms with Crippen molar-refractivity contribution >= 4 is 29.9 Å². The number of nitrogens with one attached hydrogen (secondary N) is 1. The van der Waals surface area contributed by atoms with E-state index < -0.39 is 0 Å². The zero-order chi connectivity index (χ0) is 17.1. The van der Waals surface area contributed by atoms with Crippen molar-refractivity contribution in [2.24, 2.45) is 4.99 Å². The number of benzene rings is 1. The molecule has 0 spiro atoms. The van der Waals surface area contributed by atoms with Crippen LogP contribution in [0.25, 0.3) is 0 Å². The maximum absolute atomic E-state index is 5.61. The van der Waals surface area contributed by atoms with Crippen molar-refractivity contribution in [1.82, 2.24) is 10.2 Å². The number of hydrogen-bond acceptors (Lipinski definition) is 2. The highest BCUT2D eigenvalue weighted by atomic mass is 127. The molecule has 0 heterocycles. The Morgan fingerprint density at radius 2 is 1.92 bits per heavy atom. The molecule has 4 nitrogen and oxygen atoms in total. The number of hydrogen-bond donors (Lipinski definition) is 1. The van der Waals surface area contributed by atoms with Crippen molar-refractivity contribution < 1.29 is 4.74 Å². The van der Waals surface area contributed by atoms with Gasteiger partial charge in [-0.3, -0.25) is 4.99 Å². The molecule has 136 valence electrons. The Balaban J connectivity index is 0.00000529. The lowest BCUT2D eigenvalue weighted by molar-refractivity contribution is 0.0657. The van der Waals surface area contributed by atoms with Gasteiger partial charge in [-0.1, -0.05) is 30.3 Å². The van der Waals surface area contributed by atoms with Gasteiger partial charge >= 0.3 is 0 Å². The van der Waals surface area contributed by atoms with Gasteiger partial charge in [0.2, 0.25) is 0 Å². The molecule has 0 unspecified atom stereocenters. The number of rotatable bonds is 9. The monoisotopic (exact) mass is 445 g/mol. The summed E-state index contributed by atoms with van der Waals surface area (Å²) in [5, 5.41) is 3.40. The van der Waals surface area contributed by atoms with Gasteiger partial charge in [-0.25, -0.2) is 0 Å². The van der Waals surface area contributed by atoms with Crippen LogP contribution in [-0.2, 0) is 17.9 Å². The molecule has 5 heteroatoms. The SMILES string of the molecule is C=CCCCN(C)C(=NC)NCc1ccc(COC(C)C)cc1.I. The Kier molecular flexibility index (Phi) is 12.6. The number of ether oxygens (including phenoxy) is 1. The van der Waals surface area contributed by atoms with Crippen molar-refractivity contribution in [3.05, 3.63) is 48.0 Å². The van der Waals surface area contributed by atoms with Crippen molar-refractivity contribution in [3.63, 3.8) is 0 Å². The highest BCUT2D eigenvalue weighted by Gasteiger charge is 2.05. The summed E-state index contributed by atoms with van der Waals surface area (Å²) in [6.07, 6.45) is 4.33. The molecule has 1 rings (SSSR count). The molecule has 1 aromatic rings. The van der Waals surface area contributed by atoms with E-state index in [4.69, 9.17) is 4.74 Å². The van der Waals surface area contributed by atoms with E-state index >= 15 is 0 Å². The van der Waals surface area contributed by atoms with Crippen LogP contribution in [0.1, 0.15) is 37.8 Å². The van der Waals surface area contributed by atoms with E-state index in [2.05, 4.69) is 66.9 Å². The maximum atomic E-state index is 5.61. The van der Waals surface area contributed by atoms with E-state index in [0.717, 1.165) is 31.9 Å². The summed E-state index contributed by atoms with van der Waals surface area (Å²) < 4.78 is 5.61. The lowest BCUT2D eigenvalue weighted by Crippen LogP contribution is -2.38. The molecule has 0 bridgehead atoms. The molecule has 0 radical (unpaired) electrons. The maximum Gasteiger partial charge on any atom is 0.193 e. The normalized spacial score (nSPS) is 11.1. The van der Waals surface area contributed by atoms with E-state index in [1.165, 1.54) is 11.1 Å². The lowest BCUT2D eigenvalue weighted by Gasteiger charge is -2.22. The van der Waals surface area contributed by atoms with Crippen LogP contribution in [0.15, 0.2) is 41.9 Å². The first-order chi connectivity index (χ1) is 11.1. The fraction of sp³-hybridized carbons (Fsp3) is 0.526. The molecule has 0 saturated heterocycles. The molecule has 0 aliphatic rings. The van der Waals surface area contributed by atoms with Crippen LogP contribution in [-0.4, -0.2) is 37.6 Å². The first kappa shape index (κ1) is 22.9. The minimum atomic E-state index is 0. The molecule has 0 amide bonds. The summed E-state index contributed by atoms with van der Waals surface area (Å²) >= 11 is 0. The molecule has 0 aliphatic heterocycles. The predicted octanol–water partition coefficient (Wildman–Crippen LogP) is 4.20. The van der Waals surface area contributed by atoms with Gasteiger partial charge in [0.15, 0.2) is 5.96 Å². The van der Waals surface area contributed by atoms with Crippen molar-refractivity contribution in [2.45, 2.75) is 45.9 Å². The van der Waals surface area contributed by atoms with Crippen LogP contribution < -0.4 is 5.32 Å². The van der Waals surface area contributed by atoms with Crippen molar-refractivity contribution in [1.29, 1.82) is 0 Å². The van der Waals surface area contributed by atoms with Crippen LogP contribution in [0, 0.1) is 0 Å². The van der Waals surface area contributed by atoms with Crippen LogP contribution in [0.4, 0.5) is 0 Å². The van der Waals surface area contributed by atoms with Crippen LogP contribution >= 0.6 is 24.0 Å². The third kappa shape index (κ3) is 9.27. The number of allylic oxidation sites excluding steroid dienone is 1. The summed E-state index contributed by atoms with van der Waals surface area (Å²) in [5.74, 6) is 0.918. The predicted molar refractivity (Wildman–Crippen MR) is 114 cm³/mol. The Labute approximate surface area is 164 Å². The summed E-state index contributed by atoms with van der Waals surface area (Å²) in [6, 6.07) is 8.51. The topological polar surface area (TPSA) is 36.9 Å². The number of halogens is 1. The Bertz CT molecular complexity index is 486. The summed E-state index contributed by atoms with van der Waals surface area (Å²) in [6.45, 7) is 10.3. The van der Waals surface area contributed by atoms with Crippen LogP contribution in [0.5, 0.6) is 0 Å². The molecule has 0 aromatic heterocycles. The average Bonchev–Trinajstić information content (AvgIpc) is 2.54. The average molecular weight is 445 g/mol. The van der Waals surface area contributed by atoms with Gasteiger partial charge in [-0.05, 0) is 37.8 Å². The van der Waals surface area contributed by atoms with Gasteiger partial charge in [0, 0.05) is 27.2 Å². The van der Waals surface area contributed by atoms with E-state index in [-0.39, 0.29) is 30.1 Å². The molecular weight excluding hydrogens is 413 g/mol. The molecule has 0 saturated carbocycles. The second kappa shape index (κ2) is 13.2. The summed E-state index contributed by atoms with van der Waals surface area (Å²) in [5.41, 5.74) is 2.44. The van der Waals surface area contributed by atoms with Crippen molar-refractivity contribution in [3.8, 4) is 0 Å². The molecular formula is C19H32IN3O. The zero-order valence-corrected chi connectivity index (χ0v) is 17.7. The second-order valence-electron chi connectivity index (χ2n) is 5.93. The third-order valence-corrected chi connectivity index (χ3v) is 3.53. The second-order valence-corrected chi connectivity index (χ2v) is 5.93. The smallest absolute Gasteiger partial charge is 0.193 e. The van der Waals surface area contributed by atoms with Gasteiger partial charge in [0.1, 0.15) is 0 Å². The third-order valence-electron chi connectivity index (χ3n) is 3.53. The number of aliphatic imine (C=N–C) groups is 1. The zero-order valence-electron chi connectivity index (χ0n) is 15.4. The minimum Gasteiger partial charge on any atom is -0.374 e. The van der Waals surface area contributed by atoms with E-state index in [1.807, 2.05) is 13.1 Å². The molecule has 0 aliphatic carbocycles. The summed E-state index contributed by atoms with van der Waals surface area (Å²) in [4.78, 5) is 6.48. The molecule has 24 heavy (non-hydrogen) atoms. The number of nitrogens with zero attached hydrogens (tertiary/aromatic N) is 2. The van der Waals surface area contributed by atoms with Gasteiger partial charge in [0.25, 0.3) is 0 Å². The Morgan fingerprint density at radius 3 is 2.46 bits per heavy atom. The van der Waals surface area contributed by atoms with Crippen LogP contribution in [0.2, 0.25) is 0 Å². The quantitative estimate of drug-likeness (QED) is 0.204. The minimum absolute atomic E-state index is 0. The highest BCUT2D eigenvalue weighted by Crippen LogP contribution is 2.07. The van der Waals surface area contributed by atoms with E-state index in [0.29, 0.717) is 6.61 Å². The van der Waals surface area contributed by atoms with Gasteiger partial charge in [-0.15, -0.1) is 30.6 Å². The fourth-order valence-electron chi connectivity index (χ4n) is 2.16. The largest absolute Gasteiger partial charge is 0.374 e. The molecule has 1 N–H and O–H groups in total. The van der Waals surface area contributed by atoms with E-state index in [1.54, 1.807) is 0 Å². The Hall–Kier alpha value is -1.08. The summed E-state index contributed by atoms with van der Waals surface area (Å²) in [7, 11) is 3.88. The molecule has 0 fully saturated rings. The van der Waals surface area contributed by atoms with Gasteiger partial charge < -0.3 is 15.0 Å². The van der Waals surface area contributed by atoms with Gasteiger partial charge in [0.05, 0.1) is 12.7 Å². The Morgan fingerprint density at radius 1 is 1.29 bits per heavy atom. The first-order valence-corrected chi connectivity index (χ1v) is 8.29. The standard InChI is InChI=1S/C19H31N3O.HI/c1-6-7-8-13-22(5)19(20-4)21-14-17-9-11-18(12-10-17)15-23-16(2)3;/h6,9-12,16H,1,7-8,13-15H2,2-5H3,(H,20,21);1H. The van der Waals surface area contributed by atoms with Crippen LogP contribution in [0.3, 0.4) is 0 Å². The lowest BCUT2D eigenvalue weighted by atomic mass is 10.1. The first-order valence-electron chi connectivity index (χ1n) is 8.29. The van der Waals surface area contributed by atoms with Gasteiger partial charge in [-0.2, -0.15) is 0 Å². The number of guanidine groups is 1. The van der Waals surface area contributed by atoms with Crippen molar-refractivity contribution in [2.75, 3.05) is 20.6 Å². The fourth-order valence-corrected chi connectivity index (χ4v) is 2.16. The number of unbranched alkanes of at least 4 members (excludes halogenated alkanes) is 1. The van der Waals surface area contributed by atoms with E-state index in [9.17, 15) is 0 Å². The molecule has 1 aromatic carbocycles.